The molecule has 0 aromatic rings. The second-order valence-corrected chi connectivity index (χ2v) is 6.15. The zero-order chi connectivity index (χ0) is 15.1. The van der Waals surface area contributed by atoms with Crippen molar-refractivity contribution in [3.8, 4) is 0 Å². The summed E-state index contributed by atoms with van der Waals surface area (Å²) in [6.07, 6.45) is 0.927. The van der Waals surface area contributed by atoms with Crippen molar-refractivity contribution in [1.82, 2.24) is 4.90 Å². The molecule has 6 heteroatoms. The molecule has 2 rings (SSSR count). The third kappa shape index (κ3) is 1.67. The molecule has 2 aliphatic rings. The zero-order valence-electron chi connectivity index (χ0n) is 11.9. The molecule has 2 bridgehead atoms. The lowest BCUT2D eigenvalue weighted by atomic mass is 9.68. The maximum Gasteiger partial charge on any atom is 0.237 e. The molecule has 0 saturated heterocycles. The Morgan fingerprint density at radius 3 is 2.20 bits per heavy atom. The van der Waals surface area contributed by atoms with Gasteiger partial charge in [-0.05, 0) is 18.3 Å². The van der Waals surface area contributed by atoms with E-state index < -0.39 is 28.3 Å². The Morgan fingerprint density at radius 1 is 1.25 bits per heavy atom. The van der Waals surface area contributed by atoms with Gasteiger partial charge in [-0.25, -0.2) is 0 Å². The number of ketones is 2. The predicted octanol–water partition coefficient (Wildman–Crippen LogP) is -0.626. The molecular formula is C14H21NO5. The van der Waals surface area contributed by atoms with E-state index in [0.717, 1.165) is 0 Å². The first kappa shape index (κ1) is 15.1. The van der Waals surface area contributed by atoms with E-state index in [1.54, 1.807) is 13.8 Å². The highest BCUT2D eigenvalue weighted by atomic mass is 16.3. The van der Waals surface area contributed by atoms with Crippen molar-refractivity contribution in [2.45, 2.75) is 26.7 Å². The van der Waals surface area contributed by atoms with Gasteiger partial charge in [-0.1, -0.05) is 13.8 Å². The van der Waals surface area contributed by atoms with Crippen LogP contribution >= 0.6 is 0 Å². The summed E-state index contributed by atoms with van der Waals surface area (Å²) in [5.41, 5.74) is -2.00. The minimum absolute atomic E-state index is 0.0589. The molecule has 0 radical (unpaired) electrons. The van der Waals surface area contributed by atoms with E-state index in [0.29, 0.717) is 12.8 Å². The van der Waals surface area contributed by atoms with Gasteiger partial charge in [0.2, 0.25) is 17.5 Å². The highest BCUT2D eigenvalue weighted by Crippen LogP contribution is 2.63. The molecule has 2 N–H and O–H groups in total. The Bertz CT molecular complexity index is 452. The van der Waals surface area contributed by atoms with Crippen LogP contribution in [0.15, 0.2) is 0 Å². The van der Waals surface area contributed by atoms with Crippen LogP contribution in [0.3, 0.4) is 0 Å². The largest absolute Gasteiger partial charge is 0.395 e. The van der Waals surface area contributed by atoms with Crippen LogP contribution in [0, 0.1) is 16.7 Å². The number of carbonyl (C=O) groups is 3. The van der Waals surface area contributed by atoms with Gasteiger partial charge in [0, 0.05) is 19.0 Å². The quantitative estimate of drug-likeness (QED) is 0.517. The highest BCUT2D eigenvalue weighted by molar-refractivity contribution is 6.47. The zero-order valence-corrected chi connectivity index (χ0v) is 11.9. The summed E-state index contributed by atoms with van der Waals surface area (Å²) < 4.78 is 0. The third-order valence-electron chi connectivity index (χ3n) is 5.10. The van der Waals surface area contributed by atoms with Crippen molar-refractivity contribution in [3.63, 3.8) is 0 Å². The molecule has 2 fully saturated rings. The molecule has 2 aliphatic carbocycles. The Morgan fingerprint density at radius 2 is 1.80 bits per heavy atom. The van der Waals surface area contributed by atoms with Gasteiger partial charge in [-0.3, -0.25) is 14.4 Å². The van der Waals surface area contributed by atoms with Gasteiger partial charge in [0.25, 0.3) is 0 Å². The van der Waals surface area contributed by atoms with Gasteiger partial charge in [0.15, 0.2) is 0 Å². The predicted molar refractivity (Wildman–Crippen MR) is 69.7 cm³/mol. The number of Topliss-reactive ketones (excluding diaryl/α,β-unsaturated/α-hetero) is 2. The van der Waals surface area contributed by atoms with Gasteiger partial charge in [0.1, 0.15) is 5.41 Å². The molecule has 6 nitrogen and oxygen atoms in total. The number of carbonyl (C=O) groups excluding carboxylic acids is 3. The van der Waals surface area contributed by atoms with Gasteiger partial charge in [0.05, 0.1) is 13.2 Å². The maximum atomic E-state index is 12.8. The van der Waals surface area contributed by atoms with Gasteiger partial charge < -0.3 is 15.1 Å². The first-order valence-corrected chi connectivity index (χ1v) is 6.94. The second kappa shape index (κ2) is 4.93. The summed E-state index contributed by atoms with van der Waals surface area (Å²) in [7, 11) is 0. The van der Waals surface area contributed by atoms with Crippen molar-refractivity contribution in [2.24, 2.45) is 16.7 Å². The Kier molecular flexibility index (Phi) is 3.73. The fourth-order valence-electron chi connectivity index (χ4n) is 3.88. The van der Waals surface area contributed by atoms with E-state index in [1.807, 2.05) is 0 Å². The molecule has 0 heterocycles. The van der Waals surface area contributed by atoms with Crippen LogP contribution in [0.25, 0.3) is 0 Å². The van der Waals surface area contributed by atoms with Crippen molar-refractivity contribution in [2.75, 3.05) is 26.3 Å². The van der Waals surface area contributed by atoms with Crippen LogP contribution in [0.2, 0.25) is 0 Å². The lowest BCUT2D eigenvalue weighted by Gasteiger charge is -2.38. The van der Waals surface area contributed by atoms with Gasteiger partial charge in [-0.2, -0.15) is 0 Å². The normalized spacial score (nSPS) is 30.9. The van der Waals surface area contributed by atoms with Gasteiger partial charge in [-0.15, -0.1) is 0 Å². The summed E-state index contributed by atoms with van der Waals surface area (Å²) in [6.45, 7) is 3.22. The molecular weight excluding hydrogens is 262 g/mol. The molecule has 0 aromatic heterocycles. The van der Waals surface area contributed by atoms with Gasteiger partial charge >= 0.3 is 0 Å². The summed E-state index contributed by atoms with van der Waals surface area (Å²) in [4.78, 5) is 38.4. The molecule has 0 aromatic carbocycles. The van der Waals surface area contributed by atoms with Crippen LogP contribution in [-0.4, -0.2) is 58.9 Å². The van der Waals surface area contributed by atoms with Crippen LogP contribution in [0.1, 0.15) is 26.7 Å². The summed E-state index contributed by atoms with van der Waals surface area (Å²) in [6, 6.07) is 0. The van der Waals surface area contributed by atoms with E-state index in [2.05, 4.69) is 0 Å². The third-order valence-corrected chi connectivity index (χ3v) is 5.10. The Hall–Kier alpha value is -1.27. The number of fused-ring (bicyclic) bond motifs is 2. The molecule has 2 atom stereocenters. The maximum absolute atomic E-state index is 12.8. The second-order valence-electron chi connectivity index (χ2n) is 6.15. The van der Waals surface area contributed by atoms with Crippen molar-refractivity contribution >= 4 is 17.5 Å². The Balaban J connectivity index is 2.40. The summed E-state index contributed by atoms with van der Waals surface area (Å²) >= 11 is 0. The molecule has 2 saturated carbocycles. The highest BCUT2D eigenvalue weighted by Gasteiger charge is 2.73. The van der Waals surface area contributed by atoms with Crippen LogP contribution in [0.5, 0.6) is 0 Å². The van der Waals surface area contributed by atoms with Crippen LogP contribution in [-0.2, 0) is 14.4 Å². The SMILES string of the molecule is CC1(C)C2CCC1(C(=O)N(CCO)CCO)C(=O)C2=O. The van der Waals surface area contributed by atoms with Crippen LogP contribution in [0.4, 0.5) is 0 Å². The molecule has 2 unspecified atom stereocenters. The molecule has 0 aliphatic heterocycles. The lowest BCUT2D eigenvalue weighted by molar-refractivity contribution is -0.156. The summed E-state index contributed by atoms with van der Waals surface area (Å²) in [5.74, 6) is -1.85. The van der Waals surface area contributed by atoms with Crippen LogP contribution < -0.4 is 0 Å². The smallest absolute Gasteiger partial charge is 0.237 e. The number of hydrogen-bond acceptors (Lipinski definition) is 5. The molecule has 0 spiro atoms. The van der Waals surface area contributed by atoms with Crippen molar-refractivity contribution in [3.05, 3.63) is 0 Å². The molecule has 112 valence electrons. The topological polar surface area (TPSA) is 94.9 Å². The number of aliphatic hydroxyl groups excluding tert-OH is 2. The van der Waals surface area contributed by atoms with E-state index in [4.69, 9.17) is 10.2 Å². The van der Waals surface area contributed by atoms with E-state index in [9.17, 15) is 14.4 Å². The number of rotatable bonds is 5. The average molecular weight is 283 g/mol. The Labute approximate surface area is 117 Å². The summed E-state index contributed by atoms with van der Waals surface area (Å²) in [5, 5.41) is 18.1. The lowest BCUT2D eigenvalue weighted by Crippen LogP contribution is -2.53. The minimum Gasteiger partial charge on any atom is -0.395 e. The molecule has 1 amide bonds. The van der Waals surface area contributed by atoms with E-state index in [-0.39, 0.29) is 32.2 Å². The fourth-order valence-corrected chi connectivity index (χ4v) is 3.88. The fraction of sp³-hybridized carbons (Fsp3) is 0.786. The monoisotopic (exact) mass is 283 g/mol. The standard InChI is InChI=1S/C14H21NO5/c1-13(2)9-3-4-14(13,11(19)10(9)18)12(20)15(5-7-16)6-8-17/h9,16-17H,3-8H2,1-2H3. The number of amides is 1. The van der Waals surface area contributed by atoms with Crippen molar-refractivity contribution < 1.29 is 24.6 Å². The first-order chi connectivity index (χ1) is 9.34. The first-order valence-electron chi connectivity index (χ1n) is 6.94. The number of nitrogens with zero attached hydrogens (tertiary/aromatic N) is 1. The average Bonchev–Trinajstić information content (AvgIpc) is 2.74. The molecule has 20 heavy (non-hydrogen) atoms. The van der Waals surface area contributed by atoms with Crippen molar-refractivity contribution in [1.29, 1.82) is 0 Å². The minimum atomic E-state index is -1.31. The number of aliphatic hydroxyl groups is 2. The van der Waals surface area contributed by atoms with E-state index in [1.165, 1.54) is 4.90 Å². The van der Waals surface area contributed by atoms with E-state index >= 15 is 0 Å². The number of hydrogen-bond donors (Lipinski definition) is 2.